The molecule has 0 atom stereocenters. The van der Waals surface area contributed by atoms with Gasteiger partial charge in [0.05, 0.1) is 0 Å². The van der Waals surface area contributed by atoms with E-state index in [4.69, 9.17) is 0 Å². The highest BCUT2D eigenvalue weighted by Crippen LogP contribution is 2.15. The van der Waals surface area contributed by atoms with Crippen LogP contribution in [0.3, 0.4) is 0 Å². The predicted octanol–water partition coefficient (Wildman–Crippen LogP) is 2.05. The van der Waals surface area contributed by atoms with E-state index in [2.05, 4.69) is 30.4 Å². The Bertz CT molecular complexity index is 888. The smallest absolute Gasteiger partial charge is 0.253 e. The summed E-state index contributed by atoms with van der Waals surface area (Å²) in [5, 5.41) is 15.5. The normalized spacial score (nSPS) is 14.0. The molecule has 2 N–H and O–H groups in total. The number of benzene rings is 1. The lowest BCUT2D eigenvalue weighted by Gasteiger charge is -2.13. The fraction of sp³-hybridized carbons (Fsp3) is 0.565. The average Bonchev–Trinajstić information content (AvgIpc) is 3.00. The minimum absolute atomic E-state index is 0.0249. The van der Waals surface area contributed by atoms with Crippen LogP contribution >= 0.6 is 0 Å². The fourth-order valence-corrected chi connectivity index (χ4v) is 3.85. The summed E-state index contributed by atoms with van der Waals surface area (Å²) in [6, 6.07) is 7.80. The Morgan fingerprint density at radius 3 is 2.77 bits per heavy atom. The molecule has 8 nitrogen and oxygen atoms in total. The standard InChI is InChI=1S/C23H35N7O/c1-24-23(26-15-13-18-9-7-10-19(17-18)22(31)29(2)3)25-14-8-12-21-28-27-20-11-5-4-6-16-30(20)21/h7,9-10,17H,4-6,8,11-16H2,1-3H3,(H2,24,25,26). The Morgan fingerprint density at radius 1 is 1.13 bits per heavy atom. The number of aromatic nitrogens is 3. The van der Waals surface area contributed by atoms with Gasteiger partial charge in [0.25, 0.3) is 5.91 Å². The van der Waals surface area contributed by atoms with Crippen LogP contribution in [0.5, 0.6) is 0 Å². The molecule has 8 heteroatoms. The number of hydrogen-bond donors (Lipinski definition) is 2. The van der Waals surface area contributed by atoms with Crippen LogP contribution < -0.4 is 10.6 Å². The van der Waals surface area contributed by atoms with E-state index in [1.807, 2.05) is 24.3 Å². The second kappa shape index (κ2) is 11.5. The second-order valence-corrected chi connectivity index (χ2v) is 8.17. The van der Waals surface area contributed by atoms with Gasteiger partial charge < -0.3 is 20.1 Å². The van der Waals surface area contributed by atoms with Gasteiger partial charge in [-0.05, 0) is 43.4 Å². The summed E-state index contributed by atoms with van der Waals surface area (Å²) in [5.41, 5.74) is 1.85. The number of hydrogen-bond acceptors (Lipinski definition) is 4. The number of rotatable bonds is 8. The van der Waals surface area contributed by atoms with Crippen molar-refractivity contribution in [3.05, 3.63) is 47.0 Å². The van der Waals surface area contributed by atoms with Crippen LogP contribution in [0.1, 0.15) is 53.3 Å². The Kier molecular flexibility index (Phi) is 8.44. The quantitative estimate of drug-likeness (QED) is 0.384. The molecule has 0 bridgehead atoms. The highest BCUT2D eigenvalue weighted by atomic mass is 16.2. The molecular formula is C23H35N7O. The Hall–Kier alpha value is -2.90. The number of nitrogens with zero attached hydrogens (tertiary/aromatic N) is 5. The van der Waals surface area contributed by atoms with E-state index < -0.39 is 0 Å². The van der Waals surface area contributed by atoms with Crippen molar-refractivity contribution in [2.24, 2.45) is 4.99 Å². The number of carbonyl (C=O) groups is 1. The number of nitrogens with one attached hydrogen (secondary N) is 2. The van der Waals surface area contributed by atoms with Crippen molar-refractivity contribution < 1.29 is 4.79 Å². The molecule has 0 saturated heterocycles. The largest absolute Gasteiger partial charge is 0.356 e. The van der Waals surface area contributed by atoms with Crippen molar-refractivity contribution in [1.82, 2.24) is 30.3 Å². The first-order chi connectivity index (χ1) is 15.1. The van der Waals surface area contributed by atoms with Crippen LogP contribution in [0, 0.1) is 0 Å². The molecule has 1 aliphatic rings. The lowest BCUT2D eigenvalue weighted by molar-refractivity contribution is 0.0827. The summed E-state index contributed by atoms with van der Waals surface area (Å²) in [5.74, 6) is 3.07. The van der Waals surface area contributed by atoms with Crippen molar-refractivity contribution in [3.8, 4) is 0 Å². The van der Waals surface area contributed by atoms with Gasteiger partial charge in [0.15, 0.2) is 5.96 Å². The fourth-order valence-electron chi connectivity index (χ4n) is 3.85. The Morgan fingerprint density at radius 2 is 1.97 bits per heavy atom. The van der Waals surface area contributed by atoms with Crippen LogP contribution in [0.25, 0.3) is 0 Å². The SMILES string of the molecule is CN=C(NCCCc1nnc2n1CCCCC2)NCCc1cccc(C(=O)N(C)C)c1. The maximum atomic E-state index is 12.1. The molecule has 0 radical (unpaired) electrons. The molecule has 1 aromatic heterocycles. The summed E-state index contributed by atoms with van der Waals surface area (Å²) in [4.78, 5) is 18.0. The summed E-state index contributed by atoms with van der Waals surface area (Å²) >= 11 is 0. The minimum Gasteiger partial charge on any atom is -0.356 e. The van der Waals surface area contributed by atoms with Crippen LogP contribution in [0.15, 0.2) is 29.3 Å². The maximum absolute atomic E-state index is 12.1. The van der Waals surface area contributed by atoms with E-state index in [1.54, 1.807) is 26.0 Å². The van der Waals surface area contributed by atoms with Gasteiger partial charge >= 0.3 is 0 Å². The zero-order valence-corrected chi connectivity index (χ0v) is 19.0. The van der Waals surface area contributed by atoms with E-state index in [0.717, 1.165) is 74.1 Å². The molecule has 0 saturated carbocycles. The van der Waals surface area contributed by atoms with Gasteiger partial charge in [0, 0.05) is 59.2 Å². The van der Waals surface area contributed by atoms with Crippen LogP contribution in [0.4, 0.5) is 0 Å². The topological polar surface area (TPSA) is 87.4 Å². The van der Waals surface area contributed by atoms with Crippen LogP contribution in [0.2, 0.25) is 0 Å². The maximum Gasteiger partial charge on any atom is 0.253 e. The number of amides is 1. The number of fused-ring (bicyclic) bond motifs is 1. The van der Waals surface area contributed by atoms with Gasteiger partial charge in [-0.2, -0.15) is 0 Å². The zero-order chi connectivity index (χ0) is 22.1. The summed E-state index contributed by atoms with van der Waals surface area (Å²) in [7, 11) is 5.32. The number of aliphatic imine (C=N–C) groups is 1. The van der Waals surface area contributed by atoms with Gasteiger partial charge in [-0.1, -0.05) is 18.6 Å². The Balaban J connectivity index is 1.39. The molecule has 1 aromatic carbocycles. The average molecular weight is 426 g/mol. The second-order valence-electron chi connectivity index (χ2n) is 8.17. The lowest BCUT2D eigenvalue weighted by Crippen LogP contribution is -2.38. The lowest BCUT2D eigenvalue weighted by atomic mass is 10.1. The molecule has 168 valence electrons. The van der Waals surface area contributed by atoms with E-state index in [-0.39, 0.29) is 5.91 Å². The third-order valence-electron chi connectivity index (χ3n) is 5.57. The molecule has 1 aliphatic heterocycles. The third kappa shape index (κ3) is 6.54. The minimum atomic E-state index is 0.0249. The van der Waals surface area contributed by atoms with Gasteiger partial charge in [0.1, 0.15) is 11.6 Å². The van der Waals surface area contributed by atoms with Gasteiger partial charge in [-0.3, -0.25) is 9.79 Å². The van der Waals surface area contributed by atoms with Crippen molar-refractivity contribution >= 4 is 11.9 Å². The summed E-state index contributed by atoms with van der Waals surface area (Å²) in [6.45, 7) is 2.63. The van der Waals surface area contributed by atoms with E-state index in [9.17, 15) is 4.79 Å². The molecule has 2 heterocycles. The molecule has 2 aromatic rings. The van der Waals surface area contributed by atoms with Crippen molar-refractivity contribution in [3.63, 3.8) is 0 Å². The van der Waals surface area contributed by atoms with E-state index >= 15 is 0 Å². The van der Waals surface area contributed by atoms with Gasteiger partial charge in [0.2, 0.25) is 0 Å². The number of carbonyl (C=O) groups excluding carboxylic acids is 1. The molecule has 1 amide bonds. The van der Waals surface area contributed by atoms with Crippen molar-refractivity contribution in [2.75, 3.05) is 34.2 Å². The Labute approximate surface area is 185 Å². The summed E-state index contributed by atoms with van der Waals surface area (Å²) < 4.78 is 2.31. The molecule has 31 heavy (non-hydrogen) atoms. The van der Waals surface area contributed by atoms with Crippen molar-refractivity contribution in [2.45, 2.75) is 51.5 Å². The van der Waals surface area contributed by atoms with E-state index in [0.29, 0.717) is 0 Å². The third-order valence-corrected chi connectivity index (χ3v) is 5.57. The molecule has 0 aliphatic carbocycles. The van der Waals surface area contributed by atoms with Crippen molar-refractivity contribution in [1.29, 1.82) is 0 Å². The van der Waals surface area contributed by atoms with Gasteiger partial charge in [-0.15, -0.1) is 10.2 Å². The zero-order valence-electron chi connectivity index (χ0n) is 19.0. The summed E-state index contributed by atoms with van der Waals surface area (Å²) in [6.07, 6.45) is 7.49. The van der Waals surface area contributed by atoms with Crippen LogP contribution in [-0.4, -0.2) is 65.8 Å². The molecular weight excluding hydrogens is 390 g/mol. The molecule has 3 rings (SSSR count). The number of guanidine groups is 1. The van der Waals surface area contributed by atoms with Gasteiger partial charge in [-0.25, -0.2) is 0 Å². The first-order valence-electron chi connectivity index (χ1n) is 11.2. The molecule has 0 fully saturated rings. The predicted molar refractivity (Wildman–Crippen MR) is 123 cm³/mol. The first kappa shape index (κ1) is 22.8. The monoisotopic (exact) mass is 425 g/mol. The number of aryl methyl sites for hydroxylation is 2. The molecule has 0 spiro atoms. The first-order valence-corrected chi connectivity index (χ1v) is 11.2. The highest BCUT2D eigenvalue weighted by molar-refractivity contribution is 5.94. The van der Waals surface area contributed by atoms with E-state index in [1.165, 1.54) is 19.3 Å². The highest BCUT2D eigenvalue weighted by Gasteiger charge is 2.14. The molecule has 0 unspecified atom stereocenters. The van der Waals surface area contributed by atoms with Crippen LogP contribution in [-0.2, 0) is 25.8 Å².